The maximum atomic E-state index is 5.63. The van der Waals surface area contributed by atoms with Crippen LogP contribution in [0, 0.1) is 0 Å². The van der Waals surface area contributed by atoms with Gasteiger partial charge < -0.3 is 0 Å². The van der Waals surface area contributed by atoms with E-state index in [-0.39, 0.29) is 0 Å². The first kappa shape index (κ1) is 6.61. The summed E-state index contributed by atoms with van der Waals surface area (Å²) in [7, 11) is 1.77. The quantitative estimate of drug-likeness (QED) is 0.518. The molecule has 58 valence electrons. The Balaban J connectivity index is 2.38. The third kappa shape index (κ3) is 0.973. The topological polar surface area (TPSA) is 41.6 Å². The molecule has 0 unspecified atom stereocenters. The fraction of sp³-hybridized carbons (Fsp3) is 0.375. The lowest BCUT2D eigenvalue weighted by Crippen LogP contribution is -2.29. The lowest BCUT2D eigenvalue weighted by molar-refractivity contribution is 0.609. The number of amidine groups is 1. The Bertz CT molecular complexity index is 267. The highest BCUT2D eigenvalue weighted by Gasteiger charge is 2.24. The van der Waals surface area contributed by atoms with Gasteiger partial charge in [-0.1, -0.05) is 5.57 Å². The van der Waals surface area contributed by atoms with Crippen LogP contribution in [0.2, 0.25) is 0 Å². The minimum atomic E-state index is 0.900. The van der Waals surface area contributed by atoms with Crippen molar-refractivity contribution in [2.45, 2.75) is 12.8 Å². The first-order valence-corrected chi connectivity index (χ1v) is 3.74. The highest BCUT2D eigenvalue weighted by Crippen LogP contribution is 2.34. The summed E-state index contributed by atoms with van der Waals surface area (Å²) in [4.78, 5) is 4.11. The Morgan fingerprint density at radius 3 is 2.82 bits per heavy atom. The number of nitrogens with two attached hydrogens (primary N) is 1. The third-order valence-electron chi connectivity index (χ3n) is 1.98. The van der Waals surface area contributed by atoms with Crippen LogP contribution in [0.3, 0.4) is 0 Å². The van der Waals surface area contributed by atoms with Gasteiger partial charge in [-0.15, -0.1) is 0 Å². The van der Waals surface area contributed by atoms with Gasteiger partial charge >= 0.3 is 0 Å². The van der Waals surface area contributed by atoms with E-state index in [4.69, 9.17) is 5.84 Å². The minimum absolute atomic E-state index is 0.900. The average Bonchev–Trinajstić information content (AvgIpc) is 2.76. The van der Waals surface area contributed by atoms with Crippen molar-refractivity contribution in [3.63, 3.8) is 0 Å². The number of hydrogen-bond donors (Lipinski definition) is 1. The van der Waals surface area contributed by atoms with Crippen LogP contribution >= 0.6 is 0 Å². The van der Waals surface area contributed by atoms with E-state index in [1.807, 2.05) is 12.3 Å². The molecule has 11 heavy (non-hydrogen) atoms. The Kier molecular flexibility index (Phi) is 1.32. The lowest BCUT2D eigenvalue weighted by Gasteiger charge is -2.08. The van der Waals surface area contributed by atoms with Crippen molar-refractivity contribution < 1.29 is 0 Å². The molecule has 2 N–H and O–H groups in total. The van der Waals surface area contributed by atoms with E-state index in [9.17, 15) is 0 Å². The molecule has 0 spiro atoms. The molecule has 2 rings (SSSR count). The molecular weight excluding hydrogens is 138 g/mol. The van der Waals surface area contributed by atoms with Crippen LogP contribution in [0.15, 0.2) is 28.4 Å². The largest absolute Gasteiger partial charge is 0.270 e. The van der Waals surface area contributed by atoms with Crippen molar-refractivity contribution in [1.29, 1.82) is 0 Å². The molecule has 3 nitrogen and oxygen atoms in total. The summed E-state index contributed by atoms with van der Waals surface area (Å²) in [6.45, 7) is 0. The van der Waals surface area contributed by atoms with Gasteiger partial charge in [0.1, 0.15) is 5.84 Å². The summed E-state index contributed by atoms with van der Waals surface area (Å²) in [5, 5.41) is 1.57. The molecule has 1 aliphatic heterocycles. The van der Waals surface area contributed by atoms with Gasteiger partial charge in [0.05, 0.1) is 0 Å². The molecule has 0 atom stereocenters. The summed E-state index contributed by atoms with van der Waals surface area (Å²) in [5.74, 6) is 6.53. The summed E-state index contributed by atoms with van der Waals surface area (Å²) in [6, 6.07) is 0. The van der Waals surface area contributed by atoms with E-state index in [0.29, 0.717) is 0 Å². The Morgan fingerprint density at radius 2 is 2.27 bits per heavy atom. The summed E-state index contributed by atoms with van der Waals surface area (Å²) in [6.07, 6.45) is 6.31. The molecule has 1 fully saturated rings. The Morgan fingerprint density at radius 1 is 1.55 bits per heavy atom. The van der Waals surface area contributed by atoms with Crippen LogP contribution in [-0.4, -0.2) is 17.9 Å². The van der Waals surface area contributed by atoms with Gasteiger partial charge in [0.25, 0.3) is 0 Å². The fourth-order valence-corrected chi connectivity index (χ4v) is 1.28. The number of aliphatic imine (C=N–C) groups is 1. The molecule has 0 saturated heterocycles. The molecule has 1 saturated carbocycles. The van der Waals surface area contributed by atoms with Crippen molar-refractivity contribution in [3.05, 3.63) is 23.4 Å². The van der Waals surface area contributed by atoms with Crippen LogP contribution in [0.25, 0.3) is 0 Å². The molecule has 1 aliphatic carbocycles. The predicted octanol–water partition coefficient (Wildman–Crippen LogP) is 0.808. The van der Waals surface area contributed by atoms with Crippen LogP contribution in [0.5, 0.6) is 0 Å². The third-order valence-corrected chi connectivity index (χ3v) is 1.98. The van der Waals surface area contributed by atoms with Crippen LogP contribution < -0.4 is 5.84 Å². The van der Waals surface area contributed by atoms with E-state index in [2.05, 4.69) is 4.99 Å². The van der Waals surface area contributed by atoms with E-state index in [1.54, 1.807) is 12.1 Å². The molecule has 0 bridgehead atoms. The summed E-state index contributed by atoms with van der Waals surface area (Å²) in [5.41, 5.74) is 2.71. The van der Waals surface area contributed by atoms with E-state index < -0.39 is 0 Å². The van der Waals surface area contributed by atoms with Crippen molar-refractivity contribution in [3.8, 4) is 0 Å². The number of hydrogen-bond acceptors (Lipinski definition) is 2. The molecule has 1 heterocycles. The zero-order valence-corrected chi connectivity index (χ0v) is 6.54. The Hall–Kier alpha value is -1.09. The van der Waals surface area contributed by atoms with E-state index in [1.165, 1.54) is 24.0 Å². The fourth-order valence-electron chi connectivity index (χ4n) is 1.28. The molecule has 0 aromatic rings. The van der Waals surface area contributed by atoms with E-state index >= 15 is 0 Å². The zero-order chi connectivity index (χ0) is 7.84. The standard InChI is InChI=1S/C8H11N3/c1-10-8-7(6-2-3-6)4-5-11(8)9/h4-5H,2-3,9H2,1H3. The molecular formula is C8H11N3. The number of hydrazine groups is 1. The monoisotopic (exact) mass is 149 g/mol. The van der Waals surface area contributed by atoms with Crippen LogP contribution in [0.1, 0.15) is 12.8 Å². The lowest BCUT2D eigenvalue weighted by atomic mass is 10.2. The van der Waals surface area contributed by atoms with Crippen molar-refractivity contribution in [1.82, 2.24) is 5.01 Å². The smallest absolute Gasteiger partial charge is 0.149 e. The van der Waals surface area contributed by atoms with Crippen LogP contribution in [-0.2, 0) is 0 Å². The first-order chi connectivity index (χ1) is 5.33. The van der Waals surface area contributed by atoms with Gasteiger partial charge in [0.2, 0.25) is 0 Å². The molecule has 0 amide bonds. The number of rotatable bonds is 0. The molecule has 0 radical (unpaired) electrons. The summed E-state index contributed by atoms with van der Waals surface area (Å²) < 4.78 is 0. The van der Waals surface area contributed by atoms with Crippen molar-refractivity contribution >= 4 is 5.84 Å². The Labute approximate surface area is 65.9 Å². The second-order valence-electron chi connectivity index (χ2n) is 2.79. The SMILES string of the molecule is CN=C1C(=C2CC2)C=CN1N. The molecule has 2 aliphatic rings. The summed E-state index contributed by atoms with van der Waals surface area (Å²) >= 11 is 0. The van der Waals surface area contributed by atoms with Gasteiger partial charge in [-0.05, 0) is 18.9 Å². The predicted molar refractivity (Wildman–Crippen MR) is 44.8 cm³/mol. The number of nitrogens with zero attached hydrogens (tertiary/aromatic N) is 2. The first-order valence-electron chi connectivity index (χ1n) is 3.74. The molecule has 0 aromatic heterocycles. The van der Waals surface area contributed by atoms with Gasteiger partial charge in [-0.25, -0.2) is 5.84 Å². The molecule has 0 aromatic carbocycles. The second kappa shape index (κ2) is 2.20. The highest BCUT2D eigenvalue weighted by molar-refractivity contribution is 6.04. The van der Waals surface area contributed by atoms with Crippen molar-refractivity contribution in [2.24, 2.45) is 10.8 Å². The van der Waals surface area contributed by atoms with Gasteiger partial charge in [-0.2, -0.15) is 0 Å². The minimum Gasteiger partial charge on any atom is -0.270 e. The maximum absolute atomic E-state index is 5.63. The average molecular weight is 149 g/mol. The van der Waals surface area contributed by atoms with Crippen LogP contribution in [0.4, 0.5) is 0 Å². The van der Waals surface area contributed by atoms with Gasteiger partial charge in [0, 0.05) is 18.8 Å². The van der Waals surface area contributed by atoms with E-state index in [0.717, 1.165) is 5.84 Å². The zero-order valence-electron chi connectivity index (χ0n) is 6.54. The number of allylic oxidation sites excluding steroid dienone is 1. The second-order valence-corrected chi connectivity index (χ2v) is 2.79. The highest BCUT2D eigenvalue weighted by atomic mass is 15.4. The van der Waals surface area contributed by atoms with Gasteiger partial charge in [-0.3, -0.25) is 10.0 Å². The normalized spacial score (nSPS) is 25.6. The van der Waals surface area contributed by atoms with Gasteiger partial charge in [0.15, 0.2) is 0 Å². The maximum Gasteiger partial charge on any atom is 0.149 e. The van der Waals surface area contributed by atoms with Crippen molar-refractivity contribution in [2.75, 3.05) is 7.05 Å². The molecule has 3 heteroatoms.